The third-order valence-corrected chi connectivity index (χ3v) is 3.31. The van der Waals surface area contributed by atoms with E-state index in [-0.39, 0.29) is 0 Å². The van der Waals surface area contributed by atoms with E-state index in [1.807, 2.05) is 51.1 Å². The average Bonchev–Trinajstić information content (AvgIpc) is 2.77. The summed E-state index contributed by atoms with van der Waals surface area (Å²) >= 11 is 0. The Labute approximate surface area is 130 Å². The summed E-state index contributed by atoms with van der Waals surface area (Å²) in [6.45, 7) is 7.08. The van der Waals surface area contributed by atoms with Gasteiger partial charge in [-0.1, -0.05) is 18.2 Å². The maximum Gasteiger partial charge on any atom is 0.407 e. The molecule has 2 aromatic rings. The van der Waals surface area contributed by atoms with Crippen LogP contribution in [0.3, 0.4) is 0 Å². The molecule has 0 saturated carbocycles. The van der Waals surface area contributed by atoms with Crippen molar-refractivity contribution in [1.82, 2.24) is 10.3 Å². The van der Waals surface area contributed by atoms with Gasteiger partial charge in [-0.15, -0.1) is 0 Å². The van der Waals surface area contributed by atoms with Crippen LogP contribution < -0.4 is 5.32 Å². The minimum atomic E-state index is -0.682. The number of carbonyl (C=O) groups excluding carboxylic acids is 1. The van der Waals surface area contributed by atoms with E-state index < -0.39 is 23.8 Å². The number of para-hydroxylation sites is 1. The quantitative estimate of drug-likeness (QED) is 0.813. The summed E-state index contributed by atoms with van der Waals surface area (Å²) < 4.78 is 5.24. The number of ether oxygens (including phenoxy) is 1. The fourth-order valence-electron chi connectivity index (χ4n) is 2.28. The molecule has 2 rings (SSSR count). The Morgan fingerprint density at radius 1 is 1.36 bits per heavy atom. The van der Waals surface area contributed by atoms with Crippen LogP contribution in [-0.2, 0) is 11.2 Å². The zero-order valence-corrected chi connectivity index (χ0v) is 13.5. The number of aliphatic hydroxyl groups is 1. The third-order valence-electron chi connectivity index (χ3n) is 3.31. The number of benzene rings is 1. The van der Waals surface area contributed by atoms with E-state index in [2.05, 4.69) is 10.3 Å². The summed E-state index contributed by atoms with van der Waals surface area (Å²) in [7, 11) is 0. The molecule has 22 heavy (non-hydrogen) atoms. The highest BCUT2D eigenvalue weighted by Gasteiger charge is 2.23. The van der Waals surface area contributed by atoms with Gasteiger partial charge in [-0.05, 0) is 45.2 Å². The van der Waals surface area contributed by atoms with Crippen molar-refractivity contribution in [2.75, 3.05) is 0 Å². The number of aliphatic hydroxyl groups excluding tert-OH is 1. The predicted molar refractivity (Wildman–Crippen MR) is 86.8 cm³/mol. The summed E-state index contributed by atoms with van der Waals surface area (Å²) in [6, 6.07) is 9.58. The van der Waals surface area contributed by atoms with Crippen LogP contribution >= 0.6 is 0 Å². The first-order valence-electron chi connectivity index (χ1n) is 7.49. The molecule has 1 aromatic heterocycles. The monoisotopic (exact) mass is 304 g/mol. The van der Waals surface area contributed by atoms with Gasteiger partial charge in [0.2, 0.25) is 0 Å². The maximum atomic E-state index is 11.9. The van der Waals surface area contributed by atoms with Gasteiger partial charge in [0, 0.05) is 17.6 Å². The fourth-order valence-corrected chi connectivity index (χ4v) is 2.28. The first-order chi connectivity index (χ1) is 10.2. The van der Waals surface area contributed by atoms with Crippen molar-refractivity contribution in [1.29, 1.82) is 0 Å². The Kier molecular flexibility index (Phi) is 4.76. The molecule has 1 amide bonds. The molecule has 120 valence electrons. The lowest BCUT2D eigenvalue weighted by molar-refractivity contribution is 0.0437. The second-order valence-corrected chi connectivity index (χ2v) is 6.58. The molecular weight excluding hydrogens is 280 g/mol. The Hall–Kier alpha value is -2.01. The number of carbonyl (C=O) groups is 1. The number of alkyl carbamates (subject to hydrolysis) is 1. The first-order valence-corrected chi connectivity index (χ1v) is 7.49. The Balaban J connectivity index is 2.06. The third kappa shape index (κ3) is 4.49. The smallest absolute Gasteiger partial charge is 0.407 e. The topological polar surface area (TPSA) is 74.4 Å². The largest absolute Gasteiger partial charge is 0.444 e. The Morgan fingerprint density at radius 3 is 2.64 bits per heavy atom. The molecule has 1 aromatic carbocycles. The van der Waals surface area contributed by atoms with Crippen molar-refractivity contribution in [3.8, 4) is 0 Å². The van der Waals surface area contributed by atoms with Crippen molar-refractivity contribution in [2.24, 2.45) is 0 Å². The Bertz CT molecular complexity index is 608. The van der Waals surface area contributed by atoms with E-state index in [9.17, 15) is 9.90 Å². The Morgan fingerprint density at radius 2 is 2.05 bits per heavy atom. The van der Waals surface area contributed by atoms with Crippen molar-refractivity contribution in [3.05, 3.63) is 36.0 Å². The number of H-pyrrole nitrogens is 1. The number of aromatic nitrogens is 1. The van der Waals surface area contributed by atoms with Gasteiger partial charge < -0.3 is 20.1 Å². The van der Waals surface area contributed by atoms with Crippen LogP contribution in [0.5, 0.6) is 0 Å². The van der Waals surface area contributed by atoms with Gasteiger partial charge in [-0.2, -0.15) is 0 Å². The highest BCUT2D eigenvalue weighted by atomic mass is 16.6. The van der Waals surface area contributed by atoms with Gasteiger partial charge in [0.25, 0.3) is 0 Å². The maximum absolute atomic E-state index is 11.9. The molecule has 5 nitrogen and oxygen atoms in total. The lowest BCUT2D eigenvalue weighted by Gasteiger charge is -2.25. The molecular formula is C17H24N2O3. The van der Waals surface area contributed by atoms with Crippen LogP contribution in [-0.4, -0.2) is 33.9 Å². The number of hydrogen-bond acceptors (Lipinski definition) is 3. The van der Waals surface area contributed by atoms with Crippen LogP contribution in [0.4, 0.5) is 4.79 Å². The second kappa shape index (κ2) is 6.40. The van der Waals surface area contributed by atoms with Crippen molar-refractivity contribution >= 4 is 17.0 Å². The number of hydrogen-bond donors (Lipinski definition) is 3. The molecule has 0 aliphatic carbocycles. The molecule has 2 atom stereocenters. The molecule has 0 bridgehead atoms. The predicted octanol–water partition coefficient (Wildman–Crippen LogP) is 2.98. The normalized spacial score (nSPS) is 14.6. The minimum Gasteiger partial charge on any atom is -0.444 e. The molecule has 1 heterocycles. The molecule has 0 fully saturated rings. The lowest BCUT2D eigenvalue weighted by Crippen LogP contribution is -2.45. The first kappa shape index (κ1) is 16.4. The molecule has 0 radical (unpaired) electrons. The van der Waals surface area contributed by atoms with E-state index in [1.165, 1.54) is 0 Å². The summed E-state index contributed by atoms with van der Waals surface area (Å²) in [4.78, 5) is 15.2. The number of fused-ring (bicyclic) bond motifs is 1. The second-order valence-electron chi connectivity index (χ2n) is 6.58. The number of nitrogens with one attached hydrogen (secondary N) is 2. The molecule has 0 spiro atoms. The molecule has 5 heteroatoms. The van der Waals surface area contributed by atoms with Gasteiger partial charge in [-0.3, -0.25) is 0 Å². The van der Waals surface area contributed by atoms with E-state index in [4.69, 9.17) is 4.74 Å². The van der Waals surface area contributed by atoms with Gasteiger partial charge in [0.15, 0.2) is 0 Å². The fraction of sp³-hybridized carbons (Fsp3) is 0.471. The van der Waals surface area contributed by atoms with E-state index >= 15 is 0 Å². The van der Waals surface area contributed by atoms with Crippen LogP contribution in [0.15, 0.2) is 30.3 Å². The zero-order chi connectivity index (χ0) is 16.3. The molecule has 0 saturated heterocycles. The molecule has 0 unspecified atom stereocenters. The highest BCUT2D eigenvalue weighted by Crippen LogP contribution is 2.17. The summed E-state index contributed by atoms with van der Waals surface area (Å²) in [5.74, 6) is 0. The van der Waals surface area contributed by atoms with Crippen LogP contribution in [0.25, 0.3) is 10.9 Å². The number of amides is 1. The average molecular weight is 304 g/mol. The summed E-state index contributed by atoms with van der Waals surface area (Å²) in [5.41, 5.74) is 1.44. The van der Waals surface area contributed by atoms with Crippen molar-refractivity contribution < 1.29 is 14.6 Å². The van der Waals surface area contributed by atoms with Gasteiger partial charge in [-0.25, -0.2) is 4.79 Å². The summed E-state index contributed by atoms with van der Waals surface area (Å²) in [5, 5.41) is 13.8. The standard InChI is InChI=1S/C17H24N2O3/c1-11(20)15(19-16(21)22-17(2,3)4)10-13-9-12-7-5-6-8-14(12)18-13/h5-9,11,15,18,20H,10H2,1-4H3,(H,19,21)/t11-,15-/m0/s1. The van der Waals surface area contributed by atoms with Crippen molar-refractivity contribution in [2.45, 2.75) is 51.9 Å². The van der Waals surface area contributed by atoms with E-state index in [1.54, 1.807) is 6.92 Å². The van der Waals surface area contributed by atoms with Crippen LogP contribution in [0, 0.1) is 0 Å². The van der Waals surface area contributed by atoms with E-state index in [0.29, 0.717) is 6.42 Å². The zero-order valence-electron chi connectivity index (χ0n) is 13.5. The molecule has 0 aliphatic rings. The van der Waals surface area contributed by atoms with Crippen LogP contribution in [0.2, 0.25) is 0 Å². The molecule has 0 aliphatic heterocycles. The van der Waals surface area contributed by atoms with Gasteiger partial charge in [0.1, 0.15) is 5.60 Å². The van der Waals surface area contributed by atoms with E-state index in [0.717, 1.165) is 16.6 Å². The SMILES string of the molecule is C[C@H](O)[C@H](Cc1cc2ccccc2[nH]1)NC(=O)OC(C)(C)C. The van der Waals surface area contributed by atoms with Crippen LogP contribution in [0.1, 0.15) is 33.4 Å². The number of rotatable bonds is 4. The highest BCUT2D eigenvalue weighted by molar-refractivity contribution is 5.80. The molecule has 3 N–H and O–H groups in total. The van der Waals surface area contributed by atoms with Gasteiger partial charge >= 0.3 is 6.09 Å². The number of aromatic amines is 1. The van der Waals surface area contributed by atoms with Gasteiger partial charge in [0.05, 0.1) is 12.1 Å². The minimum absolute atomic E-state index is 0.414. The lowest BCUT2D eigenvalue weighted by atomic mass is 10.1. The summed E-state index contributed by atoms with van der Waals surface area (Å²) in [6.07, 6.45) is -0.695. The van der Waals surface area contributed by atoms with Crippen molar-refractivity contribution in [3.63, 3.8) is 0 Å².